The molecular weight excluding hydrogens is 392 g/mol. The maximum atomic E-state index is 11.7. The Bertz CT molecular complexity index is 407. The maximum absolute atomic E-state index is 11.7. The van der Waals surface area contributed by atoms with Gasteiger partial charge in [-0.2, -0.15) is 0 Å². The molecule has 1 unspecified atom stereocenters. The molecule has 0 fully saturated rings. The Morgan fingerprint density at radius 1 is 0.667 bits per heavy atom. The maximum Gasteiger partial charge on any atom is 0.308 e. The fourth-order valence-corrected chi connectivity index (χ4v) is 3.26. The van der Waals surface area contributed by atoms with Crippen LogP contribution in [-0.2, 0) is 9.53 Å². The lowest BCUT2D eigenvalue weighted by atomic mass is 10.0. The summed E-state index contributed by atoms with van der Waals surface area (Å²) in [5.74, 6) is -0.714. The molecule has 0 bridgehead atoms. The van der Waals surface area contributed by atoms with Crippen molar-refractivity contribution in [1.29, 1.82) is 0 Å². The fourth-order valence-electron chi connectivity index (χ4n) is 3.26. The predicted octanol–water partition coefficient (Wildman–Crippen LogP) is 1.77. The van der Waals surface area contributed by atoms with Gasteiger partial charge in [-0.25, -0.2) is 0 Å². The topological polar surface area (TPSA) is 148 Å². The number of aliphatic hydroxyl groups is 6. The van der Waals surface area contributed by atoms with Crippen molar-refractivity contribution in [1.82, 2.24) is 0 Å². The zero-order chi connectivity index (χ0) is 22.8. The van der Waals surface area contributed by atoms with E-state index < -0.39 is 43.3 Å². The van der Waals surface area contributed by atoms with Crippen molar-refractivity contribution in [3.63, 3.8) is 0 Å². The molecule has 180 valence electrons. The minimum atomic E-state index is -2.03. The summed E-state index contributed by atoms with van der Waals surface area (Å²) in [6.07, 6.45) is 5.82. The third kappa shape index (κ3) is 14.3. The van der Waals surface area contributed by atoms with Crippen LogP contribution in [0.25, 0.3) is 0 Å². The van der Waals surface area contributed by atoms with Crippen molar-refractivity contribution in [2.75, 3.05) is 6.61 Å². The summed E-state index contributed by atoms with van der Waals surface area (Å²) >= 11 is 0. The largest absolute Gasteiger partial charge is 0.433 e. The number of carbonyl (C=O) groups is 1. The van der Waals surface area contributed by atoms with Gasteiger partial charge >= 0.3 is 5.97 Å². The van der Waals surface area contributed by atoms with Crippen molar-refractivity contribution >= 4 is 5.97 Å². The summed E-state index contributed by atoms with van der Waals surface area (Å²) in [5.41, 5.74) is 0. The first kappa shape index (κ1) is 29.2. The first-order valence-corrected chi connectivity index (χ1v) is 11.6. The van der Waals surface area contributed by atoms with E-state index in [-0.39, 0.29) is 6.42 Å². The Morgan fingerprint density at radius 2 is 1.10 bits per heavy atom. The van der Waals surface area contributed by atoms with E-state index in [0.717, 1.165) is 19.3 Å². The highest BCUT2D eigenvalue weighted by molar-refractivity contribution is 5.69. The third-order valence-corrected chi connectivity index (χ3v) is 5.31. The molecule has 8 heteroatoms. The zero-order valence-corrected chi connectivity index (χ0v) is 18.5. The lowest BCUT2D eigenvalue weighted by molar-refractivity contribution is -0.213. The van der Waals surface area contributed by atoms with Gasteiger partial charge in [-0.3, -0.25) is 4.79 Å². The fraction of sp³-hybridized carbons (Fsp3) is 0.955. The number of carbonyl (C=O) groups excluding carboxylic acids is 1. The number of esters is 1. The second-order valence-electron chi connectivity index (χ2n) is 8.09. The minimum absolute atomic E-state index is 0.0828. The molecule has 6 N–H and O–H groups in total. The molecule has 0 aromatic carbocycles. The van der Waals surface area contributed by atoms with Crippen molar-refractivity contribution in [3.05, 3.63) is 0 Å². The van der Waals surface area contributed by atoms with Crippen molar-refractivity contribution in [3.8, 4) is 0 Å². The summed E-state index contributed by atoms with van der Waals surface area (Å²) in [6, 6.07) is 0. The summed E-state index contributed by atoms with van der Waals surface area (Å²) in [6.45, 7) is 1.39. The van der Waals surface area contributed by atoms with Gasteiger partial charge in [0.25, 0.3) is 0 Å². The quantitative estimate of drug-likeness (QED) is 0.0961. The molecule has 5 atom stereocenters. The van der Waals surface area contributed by atoms with Crippen LogP contribution >= 0.6 is 0 Å². The van der Waals surface area contributed by atoms with Crippen LogP contribution in [0.3, 0.4) is 0 Å². The van der Waals surface area contributed by atoms with Crippen molar-refractivity contribution in [2.24, 2.45) is 0 Å². The predicted molar refractivity (Wildman–Crippen MR) is 114 cm³/mol. The van der Waals surface area contributed by atoms with Gasteiger partial charge in [0.1, 0.15) is 24.4 Å². The average molecular weight is 437 g/mol. The van der Waals surface area contributed by atoms with Gasteiger partial charge in [0, 0.05) is 6.42 Å². The molecule has 0 radical (unpaired) electrons. The van der Waals surface area contributed by atoms with Crippen LogP contribution in [0.1, 0.15) is 96.8 Å². The Labute approximate surface area is 180 Å². The summed E-state index contributed by atoms with van der Waals surface area (Å²) in [7, 11) is 0. The van der Waals surface area contributed by atoms with E-state index in [1.807, 2.05) is 0 Å². The monoisotopic (exact) mass is 436 g/mol. The first-order chi connectivity index (χ1) is 14.3. The number of hydrogen-bond acceptors (Lipinski definition) is 8. The van der Waals surface area contributed by atoms with Gasteiger partial charge in [0.15, 0.2) is 0 Å². The van der Waals surface area contributed by atoms with Crippen LogP contribution in [0.2, 0.25) is 0 Å². The number of hydrogen-bond donors (Lipinski definition) is 6. The SMILES string of the molecule is CCCCCCCCCCCCCCCC(=O)OC(O)[C@H](O)[C@H](O)[C@H](O)[C@H](O)CO. The Hall–Kier alpha value is -0.770. The summed E-state index contributed by atoms with van der Waals surface area (Å²) in [5, 5.41) is 56.5. The molecule has 0 saturated carbocycles. The van der Waals surface area contributed by atoms with Crippen LogP contribution < -0.4 is 0 Å². The van der Waals surface area contributed by atoms with Gasteiger partial charge in [0.2, 0.25) is 6.29 Å². The van der Waals surface area contributed by atoms with E-state index in [2.05, 4.69) is 11.7 Å². The Morgan fingerprint density at radius 3 is 1.53 bits per heavy atom. The van der Waals surface area contributed by atoms with Crippen LogP contribution in [0.5, 0.6) is 0 Å². The molecule has 0 heterocycles. The lowest BCUT2D eigenvalue weighted by Gasteiger charge is -2.28. The number of ether oxygens (including phenoxy) is 1. The molecule has 0 aromatic heterocycles. The molecule has 0 aromatic rings. The highest BCUT2D eigenvalue weighted by Gasteiger charge is 2.35. The molecule has 0 aliphatic carbocycles. The third-order valence-electron chi connectivity index (χ3n) is 5.31. The normalized spacial score (nSPS) is 16.6. The van der Waals surface area contributed by atoms with E-state index in [1.54, 1.807) is 0 Å². The first-order valence-electron chi connectivity index (χ1n) is 11.6. The number of aliphatic hydroxyl groups excluding tert-OH is 6. The van der Waals surface area contributed by atoms with Crippen LogP contribution in [0.4, 0.5) is 0 Å². The Kier molecular flexibility index (Phi) is 18.5. The molecule has 30 heavy (non-hydrogen) atoms. The molecule has 0 spiro atoms. The Balaban J connectivity index is 3.69. The van der Waals surface area contributed by atoms with Gasteiger partial charge in [-0.1, -0.05) is 84.0 Å². The van der Waals surface area contributed by atoms with Gasteiger partial charge < -0.3 is 35.4 Å². The van der Waals surface area contributed by atoms with Gasteiger partial charge in [-0.15, -0.1) is 0 Å². The van der Waals surface area contributed by atoms with E-state index in [1.165, 1.54) is 57.8 Å². The molecule has 8 nitrogen and oxygen atoms in total. The highest BCUT2D eigenvalue weighted by atomic mass is 16.6. The standard InChI is InChI=1S/C22H44O8/c1-2-3-4-5-6-7-8-9-10-11-12-13-14-15-18(25)30-22(29)21(28)20(27)19(26)17(24)16-23/h17,19-24,26-29H,2-16H2,1H3/t17-,19-,20-,21-,22?/m1/s1. The zero-order valence-electron chi connectivity index (χ0n) is 18.5. The molecule has 0 rings (SSSR count). The minimum Gasteiger partial charge on any atom is -0.433 e. The smallest absolute Gasteiger partial charge is 0.308 e. The lowest BCUT2D eigenvalue weighted by Crippen LogP contribution is -2.50. The molecule has 0 saturated heterocycles. The molecule has 0 amide bonds. The van der Waals surface area contributed by atoms with E-state index in [4.69, 9.17) is 5.11 Å². The second kappa shape index (κ2) is 19.0. The van der Waals surface area contributed by atoms with Crippen molar-refractivity contribution < 1.29 is 40.2 Å². The van der Waals surface area contributed by atoms with E-state index in [9.17, 15) is 30.3 Å². The van der Waals surface area contributed by atoms with Crippen LogP contribution in [0.15, 0.2) is 0 Å². The van der Waals surface area contributed by atoms with Gasteiger partial charge in [0.05, 0.1) is 6.61 Å². The highest BCUT2D eigenvalue weighted by Crippen LogP contribution is 2.14. The van der Waals surface area contributed by atoms with Crippen molar-refractivity contribution in [2.45, 2.75) is 128 Å². The molecular formula is C22H44O8. The number of unbranched alkanes of at least 4 members (excludes halogenated alkanes) is 12. The number of rotatable bonds is 20. The van der Waals surface area contributed by atoms with E-state index in [0.29, 0.717) is 6.42 Å². The molecule has 0 aliphatic rings. The summed E-state index contributed by atoms with van der Waals surface area (Å²) < 4.78 is 4.66. The van der Waals surface area contributed by atoms with Crippen LogP contribution in [0, 0.1) is 0 Å². The van der Waals surface area contributed by atoms with Crippen LogP contribution in [-0.4, -0.2) is 73.9 Å². The molecule has 0 aliphatic heterocycles. The average Bonchev–Trinajstić information content (AvgIpc) is 2.74. The van der Waals surface area contributed by atoms with E-state index >= 15 is 0 Å². The summed E-state index contributed by atoms with van der Waals surface area (Å²) in [4.78, 5) is 11.7. The second-order valence-corrected chi connectivity index (χ2v) is 8.09. The van der Waals surface area contributed by atoms with Gasteiger partial charge in [-0.05, 0) is 6.42 Å².